The SMILES string of the molecule is CCN(Cc1cccc(NC(=O)c2cc(Cl)ccn2)c1)C(=O)C(F)(F)F. The molecule has 0 spiro atoms. The molecule has 2 rings (SSSR count). The van der Waals surface area contributed by atoms with Crippen LogP contribution in [-0.2, 0) is 11.3 Å². The summed E-state index contributed by atoms with van der Waals surface area (Å²) < 4.78 is 37.8. The molecular weight excluding hydrogens is 371 g/mol. The molecule has 138 valence electrons. The fraction of sp³-hybridized carbons (Fsp3) is 0.235. The van der Waals surface area contributed by atoms with Crippen molar-refractivity contribution >= 4 is 29.1 Å². The van der Waals surface area contributed by atoms with Crippen LogP contribution >= 0.6 is 11.6 Å². The summed E-state index contributed by atoms with van der Waals surface area (Å²) in [5, 5.41) is 2.94. The Labute approximate surface area is 152 Å². The number of anilines is 1. The number of halogens is 4. The molecule has 2 aromatic rings. The molecule has 5 nitrogen and oxygen atoms in total. The monoisotopic (exact) mass is 385 g/mol. The summed E-state index contributed by atoms with van der Waals surface area (Å²) in [6.07, 6.45) is -3.55. The lowest BCUT2D eigenvalue weighted by molar-refractivity contribution is -0.185. The Balaban J connectivity index is 2.12. The van der Waals surface area contributed by atoms with Crippen LogP contribution in [-0.4, -0.2) is 34.4 Å². The van der Waals surface area contributed by atoms with Gasteiger partial charge >= 0.3 is 12.1 Å². The summed E-state index contributed by atoms with van der Waals surface area (Å²) in [6, 6.07) is 9.13. The zero-order valence-electron chi connectivity index (χ0n) is 13.7. The topological polar surface area (TPSA) is 62.3 Å². The van der Waals surface area contributed by atoms with Crippen molar-refractivity contribution in [1.82, 2.24) is 9.88 Å². The molecule has 0 saturated heterocycles. The van der Waals surface area contributed by atoms with Crippen LogP contribution in [0.25, 0.3) is 0 Å². The second kappa shape index (κ2) is 8.18. The molecule has 1 N–H and O–H groups in total. The van der Waals surface area contributed by atoms with Crippen LogP contribution in [0.2, 0.25) is 5.02 Å². The van der Waals surface area contributed by atoms with E-state index in [1.54, 1.807) is 18.2 Å². The quantitative estimate of drug-likeness (QED) is 0.849. The highest BCUT2D eigenvalue weighted by atomic mass is 35.5. The molecule has 0 aliphatic heterocycles. The number of hydrogen-bond acceptors (Lipinski definition) is 3. The number of nitrogens with one attached hydrogen (secondary N) is 1. The summed E-state index contributed by atoms with van der Waals surface area (Å²) in [4.78, 5) is 28.1. The van der Waals surface area contributed by atoms with Crippen LogP contribution in [0.5, 0.6) is 0 Å². The number of carbonyl (C=O) groups is 2. The van der Waals surface area contributed by atoms with Crippen molar-refractivity contribution in [3.05, 3.63) is 58.9 Å². The molecule has 0 unspecified atom stereocenters. The lowest BCUT2D eigenvalue weighted by atomic mass is 10.1. The van der Waals surface area contributed by atoms with Gasteiger partial charge in [0.25, 0.3) is 5.91 Å². The highest BCUT2D eigenvalue weighted by Gasteiger charge is 2.41. The second-order valence-electron chi connectivity index (χ2n) is 5.33. The number of aromatic nitrogens is 1. The number of rotatable bonds is 5. The molecular formula is C17H15ClF3N3O2. The summed E-state index contributed by atoms with van der Waals surface area (Å²) in [5.41, 5.74) is 0.913. The Morgan fingerprint density at radius 2 is 1.96 bits per heavy atom. The van der Waals surface area contributed by atoms with Crippen molar-refractivity contribution in [2.75, 3.05) is 11.9 Å². The first-order valence-corrected chi connectivity index (χ1v) is 7.96. The van der Waals surface area contributed by atoms with E-state index in [0.29, 0.717) is 21.2 Å². The molecule has 9 heteroatoms. The molecule has 0 aliphatic carbocycles. The number of alkyl halides is 3. The Morgan fingerprint density at radius 1 is 1.23 bits per heavy atom. The first kappa shape index (κ1) is 19.7. The maximum Gasteiger partial charge on any atom is 0.471 e. The average Bonchev–Trinajstić information content (AvgIpc) is 2.58. The molecule has 0 saturated carbocycles. The minimum absolute atomic E-state index is 0.0959. The fourth-order valence-electron chi connectivity index (χ4n) is 2.20. The Bertz CT molecular complexity index is 812. The maximum atomic E-state index is 12.6. The largest absolute Gasteiger partial charge is 0.471 e. The third kappa shape index (κ3) is 5.19. The molecule has 26 heavy (non-hydrogen) atoms. The van der Waals surface area contributed by atoms with Gasteiger partial charge in [0, 0.05) is 30.0 Å². The summed E-state index contributed by atoms with van der Waals surface area (Å²) in [6.45, 7) is 1.13. The number of pyridine rings is 1. The third-order valence-corrected chi connectivity index (χ3v) is 3.66. The van der Waals surface area contributed by atoms with Gasteiger partial charge in [0.1, 0.15) is 5.69 Å². The van der Waals surface area contributed by atoms with Gasteiger partial charge in [-0.3, -0.25) is 14.6 Å². The molecule has 1 aromatic heterocycles. The van der Waals surface area contributed by atoms with Gasteiger partial charge in [-0.15, -0.1) is 0 Å². The lowest BCUT2D eigenvalue weighted by Gasteiger charge is -2.22. The second-order valence-corrected chi connectivity index (χ2v) is 5.77. The molecule has 0 atom stereocenters. The third-order valence-electron chi connectivity index (χ3n) is 3.42. The van der Waals surface area contributed by atoms with E-state index in [4.69, 9.17) is 11.6 Å². The number of benzene rings is 1. The molecule has 0 fully saturated rings. The lowest BCUT2D eigenvalue weighted by Crippen LogP contribution is -2.40. The predicted molar refractivity (Wildman–Crippen MR) is 90.8 cm³/mol. The van der Waals surface area contributed by atoms with Crippen LogP contribution in [0.1, 0.15) is 23.0 Å². The minimum atomic E-state index is -4.93. The zero-order chi connectivity index (χ0) is 19.3. The van der Waals surface area contributed by atoms with Gasteiger partial charge in [-0.2, -0.15) is 13.2 Å². The summed E-state index contributed by atoms with van der Waals surface area (Å²) in [5.74, 6) is -2.42. The van der Waals surface area contributed by atoms with Gasteiger partial charge in [-0.05, 0) is 36.8 Å². The van der Waals surface area contributed by atoms with E-state index in [2.05, 4.69) is 10.3 Å². The van der Waals surface area contributed by atoms with Crippen LogP contribution in [0.3, 0.4) is 0 Å². The van der Waals surface area contributed by atoms with Crippen molar-refractivity contribution in [3.63, 3.8) is 0 Å². The highest BCUT2D eigenvalue weighted by molar-refractivity contribution is 6.30. The molecule has 0 aliphatic rings. The number of amides is 2. The highest BCUT2D eigenvalue weighted by Crippen LogP contribution is 2.21. The first-order chi connectivity index (χ1) is 12.2. The Kier molecular flexibility index (Phi) is 6.20. The van der Waals surface area contributed by atoms with Crippen molar-refractivity contribution < 1.29 is 22.8 Å². The zero-order valence-corrected chi connectivity index (χ0v) is 14.4. The predicted octanol–water partition coefficient (Wildman–Crippen LogP) is 3.90. The number of carbonyl (C=O) groups excluding carboxylic acids is 2. The molecule has 1 heterocycles. The van der Waals surface area contributed by atoms with E-state index < -0.39 is 18.0 Å². The van der Waals surface area contributed by atoms with Crippen LogP contribution < -0.4 is 5.32 Å². The van der Waals surface area contributed by atoms with E-state index in [-0.39, 0.29) is 18.8 Å². The van der Waals surface area contributed by atoms with Crippen molar-refractivity contribution in [3.8, 4) is 0 Å². The van der Waals surface area contributed by atoms with E-state index >= 15 is 0 Å². The standard InChI is InChI=1S/C17H15ClF3N3O2/c1-2-24(16(26)17(19,20)21)10-11-4-3-5-13(8-11)23-15(25)14-9-12(18)6-7-22-14/h3-9H,2,10H2,1H3,(H,23,25). The van der Waals surface area contributed by atoms with E-state index in [9.17, 15) is 22.8 Å². The van der Waals surface area contributed by atoms with Gasteiger partial charge in [0.2, 0.25) is 0 Å². The normalized spacial score (nSPS) is 11.1. The van der Waals surface area contributed by atoms with Crippen LogP contribution in [0.4, 0.5) is 18.9 Å². The molecule has 2 amide bonds. The molecule has 1 aromatic carbocycles. The van der Waals surface area contributed by atoms with Gasteiger partial charge in [0.05, 0.1) is 0 Å². The van der Waals surface area contributed by atoms with Crippen LogP contribution in [0, 0.1) is 0 Å². The average molecular weight is 386 g/mol. The smallest absolute Gasteiger partial charge is 0.331 e. The first-order valence-electron chi connectivity index (χ1n) is 7.58. The minimum Gasteiger partial charge on any atom is -0.331 e. The van der Waals surface area contributed by atoms with E-state index in [0.717, 1.165) is 0 Å². The van der Waals surface area contributed by atoms with Crippen molar-refractivity contribution in [2.45, 2.75) is 19.6 Å². The molecule has 0 bridgehead atoms. The van der Waals surface area contributed by atoms with Crippen LogP contribution in [0.15, 0.2) is 42.6 Å². The van der Waals surface area contributed by atoms with Gasteiger partial charge in [0.15, 0.2) is 0 Å². The van der Waals surface area contributed by atoms with Crippen molar-refractivity contribution in [2.24, 2.45) is 0 Å². The number of nitrogens with zero attached hydrogens (tertiary/aromatic N) is 2. The van der Waals surface area contributed by atoms with Gasteiger partial charge in [-0.25, -0.2) is 0 Å². The fourth-order valence-corrected chi connectivity index (χ4v) is 2.36. The summed E-state index contributed by atoms with van der Waals surface area (Å²) >= 11 is 5.81. The van der Waals surface area contributed by atoms with E-state index in [1.807, 2.05) is 0 Å². The Morgan fingerprint density at radius 3 is 2.58 bits per heavy atom. The van der Waals surface area contributed by atoms with E-state index in [1.165, 1.54) is 31.3 Å². The number of hydrogen-bond donors (Lipinski definition) is 1. The van der Waals surface area contributed by atoms with Crippen molar-refractivity contribution in [1.29, 1.82) is 0 Å². The molecule has 0 radical (unpaired) electrons. The summed E-state index contributed by atoms with van der Waals surface area (Å²) in [7, 11) is 0. The van der Waals surface area contributed by atoms with Gasteiger partial charge < -0.3 is 10.2 Å². The Hall–Kier alpha value is -2.61. The maximum absolute atomic E-state index is 12.6. The van der Waals surface area contributed by atoms with Gasteiger partial charge in [-0.1, -0.05) is 23.7 Å².